The van der Waals surface area contributed by atoms with E-state index in [1.165, 1.54) is 10.4 Å². The smallest absolute Gasteiger partial charge is 0.320 e. The van der Waals surface area contributed by atoms with Gasteiger partial charge in [0.1, 0.15) is 6.04 Å². The van der Waals surface area contributed by atoms with Crippen molar-refractivity contribution in [3.63, 3.8) is 0 Å². The van der Waals surface area contributed by atoms with Crippen molar-refractivity contribution in [2.75, 3.05) is 7.05 Å². The summed E-state index contributed by atoms with van der Waals surface area (Å²) in [5.41, 5.74) is 1.24. The molecule has 1 unspecified atom stereocenters. The fourth-order valence-electron chi connectivity index (χ4n) is 1.58. The summed E-state index contributed by atoms with van der Waals surface area (Å²) in [6.07, 6.45) is 0.635. The largest absolute Gasteiger partial charge is 0.480 e. The number of hydrogen-bond donors (Lipinski definition) is 1. The van der Waals surface area contributed by atoms with Gasteiger partial charge in [0.25, 0.3) is 0 Å². The van der Waals surface area contributed by atoms with Gasteiger partial charge >= 0.3 is 5.97 Å². The fraction of sp³-hybridized carbons (Fsp3) is 0.545. The van der Waals surface area contributed by atoms with Gasteiger partial charge in [-0.15, -0.1) is 11.3 Å². The molecular formula is C11H17NO2S. The van der Waals surface area contributed by atoms with Crippen molar-refractivity contribution in [3.8, 4) is 0 Å². The molecular weight excluding hydrogens is 210 g/mol. The third kappa shape index (κ3) is 3.04. The standard InChI is InChI=1S/C11H17NO2S/c1-4-9(11(13)14)12(3)7-10-8(2)5-6-15-10/h5-6,9H,4,7H2,1-3H3,(H,13,14). The molecule has 0 aliphatic carbocycles. The molecule has 1 aromatic heterocycles. The van der Waals surface area contributed by atoms with Crippen LogP contribution in [0.1, 0.15) is 23.8 Å². The van der Waals surface area contributed by atoms with E-state index in [4.69, 9.17) is 5.11 Å². The summed E-state index contributed by atoms with van der Waals surface area (Å²) in [6.45, 7) is 4.67. The Labute approximate surface area is 94.3 Å². The number of carbonyl (C=O) groups is 1. The number of thiophene rings is 1. The molecule has 0 saturated carbocycles. The van der Waals surface area contributed by atoms with Crippen LogP contribution in [0.2, 0.25) is 0 Å². The molecule has 0 amide bonds. The summed E-state index contributed by atoms with van der Waals surface area (Å²) < 4.78 is 0. The first-order chi connectivity index (χ1) is 7.06. The van der Waals surface area contributed by atoms with Gasteiger partial charge in [-0.2, -0.15) is 0 Å². The Bertz CT molecular complexity index is 335. The van der Waals surface area contributed by atoms with Crippen LogP contribution in [0.4, 0.5) is 0 Å². The molecule has 3 nitrogen and oxygen atoms in total. The number of likely N-dealkylation sites (N-methyl/N-ethyl adjacent to an activating group) is 1. The Balaban J connectivity index is 2.66. The second-order valence-corrected chi connectivity index (χ2v) is 4.70. The second-order valence-electron chi connectivity index (χ2n) is 3.70. The molecule has 1 atom stereocenters. The highest BCUT2D eigenvalue weighted by Crippen LogP contribution is 2.18. The number of aryl methyl sites for hydroxylation is 1. The van der Waals surface area contributed by atoms with Gasteiger partial charge < -0.3 is 5.11 Å². The SMILES string of the molecule is CCC(C(=O)O)N(C)Cc1sccc1C. The van der Waals surface area contributed by atoms with Crippen molar-refractivity contribution < 1.29 is 9.90 Å². The van der Waals surface area contributed by atoms with Crippen LogP contribution >= 0.6 is 11.3 Å². The van der Waals surface area contributed by atoms with Crippen molar-refractivity contribution in [1.82, 2.24) is 4.90 Å². The molecule has 0 aromatic carbocycles. The van der Waals surface area contributed by atoms with E-state index in [9.17, 15) is 4.79 Å². The summed E-state index contributed by atoms with van der Waals surface area (Å²) in [5.74, 6) is -0.741. The van der Waals surface area contributed by atoms with E-state index in [0.717, 1.165) is 0 Å². The van der Waals surface area contributed by atoms with E-state index in [2.05, 4.69) is 13.0 Å². The van der Waals surface area contributed by atoms with Gasteiger partial charge in [0.2, 0.25) is 0 Å². The summed E-state index contributed by atoms with van der Waals surface area (Å²) in [4.78, 5) is 14.1. The molecule has 1 heterocycles. The summed E-state index contributed by atoms with van der Waals surface area (Å²) in [5, 5.41) is 11.0. The van der Waals surface area contributed by atoms with Crippen LogP contribution in [0.5, 0.6) is 0 Å². The van der Waals surface area contributed by atoms with Gasteiger partial charge in [0, 0.05) is 11.4 Å². The van der Waals surface area contributed by atoms with E-state index in [1.807, 2.05) is 24.3 Å². The van der Waals surface area contributed by atoms with Crippen LogP contribution in [0, 0.1) is 6.92 Å². The van der Waals surface area contributed by atoms with Crippen LogP contribution in [0.25, 0.3) is 0 Å². The number of nitrogens with zero attached hydrogens (tertiary/aromatic N) is 1. The molecule has 0 radical (unpaired) electrons. The molecule has 1 rings (SSSR count). The Morgan fingerprint density at radius 2 is 2.33 bits per heavy atom. The fourth-order valence-corrected chi connectivity index (χ4v) is 2.55. The second kappa shape index (κ2) is 5.28. The first kappa shape index (κ1) is 12.2. The molecule has 0 spiro atoms. The van der Waals surface area contributed by atoms with Crippen LogP contribution in [0.3, 0.4) is 0 Å². The first-order valence-electron chi connectivity index (χ1n) is 5.02. The average Bonchev–Trinajstić information content (AvgIpc) is 2.52. The normalized spacial score (nSPS) is 13.1. The third-order valence-electron chi connectivity index (χ3n) is 2.56. The highest BCUT2D eigenvalue weighted by atomic mass is 32.1. The van der Waals surface area contributed by atoms with Gasteiger partial charge in [-0.05, 0) is 37.4 Å². The van der Waals surface area contributed by atoms with Crippen LogP contribution in [0.15, 0.2) is 11.4 Å². The van der Waals surface area contributed by atoms with Crippen LogP contribution < -0.4 is 0 Å². The highest BCUT2D eigenvalue weighted by molar-refractivity contribution is 7.10. The van der Waals surface area contributed by atoms with Crippen LogP contribution in [-0.4, -0.2) is 29.1 Å². The lowest BCUT2D eigenvalue weighted by Crippen LogP contribution is -2.37. The molecule has 0 saturated heterocycles. The molecule has 0 aliphatic heterocycles. The Kier molecular flexibility index (Phi) is 4.29. The topological polar surface area (TPSA) is 40.5 Å². The molecule has 1 N–H and O–H groups in total. The summed E-state index contributed by atoms with van der Waals surface area (Å²) in [6, 6.07) is 1.68. The zero-order valence-corrected chi connectivity index (χ0v) is 10.2. The predicted octanol–water partition coefficient (Wildman–Crippen LogP) is 2.35. The maximum Gasteiger partial charge on any atom is 0.320 e. The quantitative estimate of drug-likeness (QED) is 0.839. The van der Waals surface area contributed by atoms with Gasteiger partial charge in [-0.3, -0.25) is 9.69 Å². The zero-order chi connectivity index (χ0) is 11.4. The van der Waals surface area contributed by atoms with Crippen molar-refractivity contribution in [2.24, 2.45) is 0 Å². The monoisotopic (exact) mass is 227 g/mol. The first-order valence-corrected chi connectivity index (χ1v) is 5.90. The minimum atomic E-state index is -0.741. The molecule has 1 aromatic rings. The number of hydrogen-bond acceptors (Lipinski definition) is 3. The maximum atomic E-state index is 10.9. The van der Waals surface area contributed by atoms with Crippen molar-refractivity contribution >= 4 is 17.3 Å². The molecule has 15 heavy (non-hydrogen) atoms. The Hall–Kier alpha value is -0.870. The summed E-state index contributed by atoms with van der Waals surface area (Å²) >= 11 is 1.68. The Morgan fingerprint density at radius 3 is 2.73 bits per heavy atom. The lowest BCUT2D eigenvalue weighted by atomic mass is 10.2. The lowest BCUT2D eigenvalue weighted by Gasteiger charge is -2.23. The molecule has 84 valence electrons. The molecule has 0 bridgehead atoms. The van der Waals surface area contributed by atoms with E-state index in [-0.39, 0.29) is 6.04 Å². The molecule has 0 aliphatic rings. The minimum Gasteiger partial charge on any atom is -0.480 e. The average molecular weight is 227 g/mol. The van der Waals surface area contributed by atoms with Crippen molar-refractivity contribution in [1.29, 1.82) is 0 Å². The van der Waals surface area contributed by atoms with Gasteiger partial charge in [0.05, 0.1) is 0 Å². The number of carboxylic acids is 1. The molecule has 0 fully saturated rings. The van der Waals surface area contributed by atoms with E-state index in [1.54, 1.807) is 11.3 Å². The predicted molar refractivity (Wildman–Crippen MR) is 62.2 cm³/mol. The minimum absolute atomic E-state index is 0.383. The lowest BCUT2D eigenvalue weighted by molar-refractivity contribution is -0.143. The van der Waals surface area contributed by atoms with Crippen LogP contribution in [-0.2, 0) is 11.3 Å². The number of aliphatic carboxylic acids is 1. The zero-order valence-electron chi connectivity index (χ0n) is 9.36. The maximum absolute atomic E-state index is 10.9. The molecule has 4 heteroatoms. The summed E-state index contributed by atoms with van der Waals surface area (Å²) in [7, 11) is 1.86. The number of rotatable bonds is 5. The number of carboxylic acid groups (broad SMARTS) is 1. The Morgan fingerprint density at radius 1 is 1.67 bits per heavy atom. The highest BCUT2D eigenvalue weighted by Gasteiger charge is 2.20. The van der Waals surface area contributed by atoms with Gasteiger partial charge in [0.15, 0.2) is 0 Å². The third-order valence-corrected chi connectivity index (χ3v) is 3.57. The van der Waals surface area contributed by atoms with Gasteiger partial charge in [-0.25, -0.2) is 0 Å². The van der Waals surface area contributed by atoms with Crippen molar-refractivity contribution in [2.45, 2.75) is 32.9 Å². The van der Waals surface area contributed by atoms with E-state index < -0.39 is 5.97 Å². The van der Waals surface area contributed by atoms with Gasteiger partial charge in [-0.1, -0.05) is 6.92 Å². The van der Waals surface area contributed by atoms with E-state index in [0.29, 0.717) is 13.0 Å². The van der Waals surface area contributed by atoms with E-state index >= 15 is 0 Å². The van der Waals surface area contributed by atoms with Crippen molar-refractivity contribution in [3.05, 3.63) is 21.9 Å².